The normalized spacial score (nSPS) is 13.7. The van der Waals surface area contributed by atoms with Crippen LogP contribution in [0.2, 0.25) is 0 Å². The molecule has 0 radical (unpaired) electrons. The Hall–Kier alpha value is -7.68. The smallest absolute Gasteiger partial charge is 0.350 e. The van der Waals surface area contributed by atoms with Crippen LogP contribution in [-0.4, -0.2) is 67.0 Å². The van der Waals surface area contributed by atoms with E-state index >= 15 is 17.6 Å². The number of aromatic nitrogens is 4. The molecule has 1 aliphatic heterocycles. The maximum absolute atomic E-state index is 16.4. The van der Waals surface area contributed by atoms with Crippen LogP contribution in [0.25, 0.3) is 21.8 Å². The first-order chi connectivity index (χ1) is 32.2. The van der Waals surface area contributed by atoms with Gasteiger partial charge in [0.2, 0.25) is 16.5 Å². The van der Waals surface area contributed by atoms with E-state index in [9.17, 15) is 29.1 Å². The van der Waals surface area contributed by atoms with Crippen LogP contribution in [-0.2, 0) is 43.8 Å². The molecule has 4 heterocycles. The van der Waals surface area contributed by atoms with E-state index in [1.807, 2.05) is 12.1 Å². The van der Waals surface area contributed by atoms with Crippen LogP contribution >= 0.6 is 0 Å². The Morgan fingerprint density at radius 2 is 1.22 bits per heavy atom. The largest absolute Gasteiger partial charge is 0.478 e. The summed E-state index contributed by atoms with van der Waals surface area (Å²) in [6.07, 6.45) is 5.09. The number of nitrogens with one attached hydrogen (secondary N) is 7. The van der Waals surface area contributed by atoms with Crippen LogP contribution in [0.15, 0.2) is 107 Å². The quantitative estimate of drug-likeness (QED) is 0.0478. The molecule has 16 nitrogen and oxygen atoms in total. The number of carbonyl (C=O) groups excluding carboxylic acids is 2. The van der Waals surface area contributed by atoms with E-state index in [1.165, 1.54) is 21.5 Å². The molecule has 8 rings (SSSR count). The van der Waals surface area contributed by atoms with Gasteiger partial charge in [0.15, 0.2) is 17.6 Å². The summed E-state index contributed by atoms with van der Waals surface area (Å²) in [4.78, 5) is 76.0. The predicted molar refractivity (Wildman–Crippen MR) is 240 cm³/mol. The molecule has 20 heteroatoms. The second-order valence-electron chi connectivity index (χ2n) is 16.0. The standard InChI is InChI=1S/C47H44F4N10O6/c1-47(44(66)67,58-42(64)32-24-60(18-12-26-8-4-2-5-9-26)38-28(40(32)62)20-34(48)30(36(38)50)22-56-45-52-14-15-53-45)59-43(65)33-25-61(19-13-27-10-6-3-7-11-27)39-29(41(33)63)21-35(49)31(37(39)51)23-57-46-54-16-17-55-46/h2-11,14-15,20-21,24-25,46,54-55,57H,12-13,16-19,22-23H2,1H3,(H,58,64)(H,59,65)(H,66,67)(H2,52,53,56). The van der Waals surface area contributed by atoms with E-state index in [1.54, 1.807) is 48.5 Å². The van der Waals surface area contributed by atoms with Crippen molar-refractivity contribution in [3.63, 3.8) is 0 Å². The monoisotopic (exact) mass is 920 g/mol. The molecule has 3 aromatic heterocycles. The van der Waals surface area contributed by atoms with Gasteiger partial charge in [0, 0.05) is 75.2 Å². The third-order valence-electron chi connectivity index (χ3n) is 11.5. The topological polar surface area (TPSA) is 216 Å². The minimum atomic E-state index is -2.76. The fraction of sp³-hybridized carbons (Fsp3) is 0.234. The summed E-state index contributed by atoms with van der Waals surface area (Å²) in [6.45, 7) is 1.44. The fourth-order valence-corrected chi connectivity index (χ4v) is 7.96. The number of H-pyrrole nitrogens is 1. The molecular weight excluding hydrogens is 877 g/mol. The number of hydrogen-bond acceptors (Lipinski definition) is 10. The van der Waals surface area contributed by atoms with Crippen LogP contribution in [0.4, 0.5) is 23.5 Å². The van der Waals surface area contributed by atoms with Gasteiger partial charge in [0.1, 0.15) is 29.1 Å². The summed E-state index contributed by atoms with van der Waals surface area (Å²) < 4.78 is 66.8. The van der Waals surface area contributed by atoms with E-state index in [4.69, 9.17) is 0 Å². The zero-order valence-electron chi connectivity index (χ0n) is 35.8. The van der Waals surface area contributed by atoms with Crippen molar-refractivity contribution in [2.24, 2.45) is 0 Å². The fourth-order valence-electron chi connectivity index (χ4n) is 7.96. The number of aliphatic carboxylic acids is 1. The van der Waals surface area contributed by atoms with E-state index in [-0.39, 0.29) is 61.6 Å². The molecule has 2 amide bonds. The molecule has 1 fully saturated rings. The molecule has 1 unspecified atom stereocenters. The SMILES string of the molecule is CC(NC(=O)c1cn(CCc2ccccc2)c2c(F)c(CNc3ncc[nH]3)c(F)cc2c1=O)(NC(=O)c1cn(CCc2ccccc2)c2c(F)c(CNC3NCCN3)c(F)cc2c1=O)C(=O)O. The van der Waals surface area contributed by atoms with Crippen LogP contribution in [0.1, 0.15) is 49.9 Å². The zero-order chi connectivity index (χ0) is 47.4. The molecule has 0 saturated carbocycles. The second kappa shape index (κ2) is 19.4. The van der Waals surface area contributed by atoms with E-state index in [0.29, 0.717) is 13.1 Å². The van der Waals surface area contributed by atoms with Crippen molar-refractivity contribution in [3.8, 4) is 0 Å². The number of aryl methyl sites for hydroxylation is 4. The number of benzene rings is 4. The lowest BCUT2D eigenvalue weighted by Crippen LogP contribution is -2.64. The van der Waals surface area contributed by atoms with Gasteiger partial charge in [-0.1, -0.05) is 60.7 Å². The van der Waals surface area contributed by atoms with Crippen molar-refractivity contribution >= 4 is 45.5 Å². The average molecular weight is 921 g/mol. The predicted octanol–water partition coefficient (Wildman–Crippen LogP) is 4.22. The highest BCUT2D eigenvalue weighted by molar-refractivity contribution is 6.03. The molecule has 1 atom stereocenters. The minimum Gasteiger partial charge on any atom is -0.478 e. The Bertz CT molecular complexity index is 3130. The number of pyridine rings is 2. The second-order valence-corrected chi connectivity index (χ2v) is 16.0. The number of anilines is 1. The molecule has 1 aliphatic rings. The molecule has 0 spiro atoms. The first kappa shape index (κ1) is 45.9. The third kappa shape index (κ3) is 9.67. The number of imidazole rings is 1. The van der Waals surface area contributed by atoms with Gasteiger partial charge < -0.3 is 35.2 Å². The van der Waals surface area contributed by atoms with Crippen molar-refractivity contribution in [1.82, 2.24) is 45.7 Å². The number of fused-ring (bicyclic) bond motifs is 2. The van der Waals surface area contributed by atoms with Gasteiger partial charge in [-0.25, -0.2) is 27.3 Å². The third-order valence-corrected chi connectivity index (χ3v) is 11.5. The Morgan fingerprint density at radius 1 is 0.746 bits per heavy atom. The summed E-state index contributed by atoms with van der Waals surface area (Å²) in [6, 6.07) is 19.6. The molecule has 1 saturated heterocycles. The van der Waals surface area contributed by atoms with E-state index in [2.05, 4.69) is 41.9 Å². The number of carbonyl (C=O) groups is 3. The molecular formula is C47H44F4N10O6. The number of carboxylic acids is 1. The average Bonchev–Trinajstić information content (AvgIpc) is 4.05. The molecule has 346 valence electrons. The van der Waals surface area contributed by atoms with Gasteiger partial charge in [0.25, 0.3) is 11.8 Å². The Balaban J connectivity index is 1.14. The Labute approximate surface area is 378 Å². The van der Waals surface area contributed by atoms with Crippen molar-refractivity contribution in [2.45, 2.75) is 57.9 Å². The van der Waals surface area contributed by atoms with Crippen molar-refractivity contribution in [2.75, 3.05) is 18.4 Å². The number of halogens is 4. The van der Waals surface area contributed by atoms with E-state index in [0.717, 1.165) is 42.6 Å². The summed E-state index contributed by atoms with van der Waals surface area (Å²) in [7, 11) is 0. The highest BCUT2D eigenvalue weighted by atomic mass is 19.1. The maximum atomic E-state index is 16.4. The number of nitrogens with zero attached hydrogens (tertiary/aromatic N) is 3. The van der Waals surface area contributed by atoms with Gasteiger partial charge in [0.05, 0.1) is 21.8 Å². The molecule has 67 heavy (non-hydrogen) atoms. The van der Waals surface area contributed by atoms with Crippen LogP contribution in [0.3, 0.4) is 0 Å². The molecule has 7 aromatic rings. The van der Waals surface area contributed by atoms with Gasteiger partial charge in [-0.05, 0) is 43.0 Å². The van der Waals surface area contributed by atoms with Gasteiger partial charge >= 0.3 is 5.97 Å². The molecule has 4 aromatic carbocycles. The first-order valence-electron chi connectivity index (χ1n) is 21.2. The number of rotatable bonds is 17. The van der Waals surface area contributed by atoms with Gasteiger partial charge in [-0.15, -0.1) is 0 Å². The summed E-state index contributed by atoms with van der Waals surface area (Å²) >= 11 is 0. The summed E-state index contributed by atoms with van der Waals surface area (Å²) in [5.41, 5.74) is -6.32. The lowest BCUT2D eigenvalue weighted by molar-refractivity contribution is -0.144. The summed E-state index contributed by atoms with van der Waals surface area (Å²) in [5, 5.41) is 25.6. The zero-order valence-corrected chi connectivity index (χ0v) is 35.8. The van der Waals surface area contributed by atoms with Crippen molar-refractivity contribution in [1.29, 1.82) is 0 Å². The van der Waals surface area contributed by atoms with Crippen molar-refractivity contribution < 1.29 is 37.1 Å². The van der Waals surface area contributed by atoms with Crippen LogP contribution < -0.4 is 42.8 Å². The maximum Gasteiger partial charge on any atom is 0.350 e. The number of hydrogen-bond donors (Lipinski definition) is 8. The number of amides is 2. The first-order valence-corrected chi connectivity index (χ1v) is 21.2. The van der Waals surface area contributed by atoms with Crippen molar-refractivity contribution in [3.05, 3.63) is 175 Å². The molecule has 8 N–H and O–H groups in total. The van der Waals surface area contributed by atoms with Crippen LogP contribution in [0, 0.1) is 23.3 Å². The Morgan fingerprint density at radius 3 is 1.67 bits per heavy atom. The highest BCUT2D eigenvalue weighted by Crippen LogP contribution is 2.26. The lowest BCUT2D eigenvalue weighted by atomic mass is 10.0. The van der Waals surface area contributed by atoms with Gasteiger partial charge in [-0.2, -0.15) is 0 Å². The minimum absolute atomic E-state index is 0.0170. The number of carboxylic acid groups (broad SMARTS) is 1. The molecule has 0 aliphatic carbocycles. The number of aromatic amines is 1. The van der Waals surface area contributed by atoms with Gasteiger partial charge in [-0.3, -0.25) is 35.1 Å². The summed E-state index contributed by atoms with van der Waals surface area (Å²) in [5.74, 6) is -8.67. The van der Waals surface area contributed by atoms with Crippen LogP contribution in [0.5, 0.6) is 0 Å². The Kier molecular flexibility index (Phi) is 13.3. The lowest BCUT2D eigenvalue weighted by Gasteiger charge is -2.28. The highest BCUT2D eigenvalue weighted by Gasteiger charge is 2.39. The van der Waals surface area contributed by atoms with E-state index < -0.39 is 91.3 Å². The molecule has 0 bridgehead atoms.